The fourth-order valence-corrected chi connectivity index (χ4v) is 3.72. The zero-order chi connectivity index (χ0) is 23.6. The van der Waals surface area contributed by atoms with Gasteiger partial charge in [0.1, 0.15) is 0 Å². The lowest BCUT2D eigenvalue weighted by atomic mass is 10.0. The van der Waals surface area contributed by atoms with Gasteiger partial charge in [0, 0.05) is 25.8 Å². The second-order valence-electron chi connectivity index (χ2n) is 7.86. The van der Waals surface area contributed by atoms with Crippen LogP contribution in [0, 0.1) is 0 Å². The first-order valence-corrected chi connectivity index (χ1v) is 11.0. The number of amides is 1. The number of benzene rings is 1. The second-order valence-corrected chi connectivity index (χ2v) is 7.86. The third kappa shape index (κ3) is 8.48. The van der Waals surface area contributed by atoms with Crippen LogP contribution in [0.1, 0.15) is 63.0 Å². The van der Waals surface area contributed by atoms with Crippen LogP contribution in [0.5, 0.6) is 0 Å². The lowest BCUT2D eigenvalue weighted by molar-refractivity contribution is -0.143. The SMILES string of the molecule is CCOC(=O)CCCCCCN1C(=O)CC[C@@H]1/C=C/C(=O)Cc1cccc(C(F)(F)F)c1. The van der Waals surface area contributed by atoms with Gasteiger partial charge >= 0.3 is 12.1 Å². The van der Waals surface area contributed by atoms with E-state index in [1.165, 1.54) is 18.2 Å². The van der Waals surface area contributed by atoms with Crippen LogP contribution in [0.2, 0.25) is 0 Å². The van der Waals surface area contributed by atoms with E-state index in [9.17, 15) is 27.6 Å². The van der Waals surface area contributed by atoms with E-state index in [4.69, 9.17) is 4.74 Å². The zero-order valence-corrected chi connectivity index (χ0v) is 18.3. The molecule has 1 aliphatic heterocycles. The van der Waals surface area contributed by atoms with Gasteiger partial charge in [-0.1, -0.05) is 37.1 Å². The lowest BCUT2D eigenvalue weighted by Crippen LogP contribution is -2.32. The lowest BCUT2D eigenvalue weighted by Gasteiger charge is -2.22. The van der Waals surface area contributed by atoms with Gasteiger partial charge in [-0.25, -0.2) is 0 Å². The quantitative estimate of drug-likeness (QED) is 0.257. The zero-order valence-electron chi connectivity index (χ0n) is 18.3. The predicted octanol–water partition coefficient (Wildman–Crippen LogP) is 4.88. The molecule has 0 aliphatic carbocycles. The Labute approximate surface area is 186 Å². The molecule has 1 atom stereocenters. The molecule has 8 heteroatoms. The molecule has 0 radical (unpaired) electrons. The number of carbonyl (C=O) groups excluding carboxylic acids is 3. The maximum Gasteiger partial charge on any atom is 0.416 e. The van der Waals surface area contributed by atoms with Crippen molar-refractivity contribution in [1.82, 2.24) is 4.90 Å². The summed E-state index contributed by atoms with van der Waals surface area (Å²) in [4.78, 5) is 37.5. The monoisotopic (exact) mass is 453 g/mol. The highest BCUT2D eigenvalue weighted by molar-refractivity contribution is 5.91. The highest BCUT2D eigenvalue weighted by atomic mass is 19.4. The van der Waals surface area contributed by atoms with Crippen LogP contribution >= 0.6 is 0 Å². The van der Waals surface area contributed by atoms with Crippen molar-refractivity contribution in [1.29, 1.82) is 0 Å². The molecule has 1 aromatic carbocycles. The Bertz CT molecular complexity index is 820. The smallest absolute Gasteiger partial charge is 0.416 e. The second kappa shape index (κ2) is 12.4. The first-order valence-electron chi connectivity index (χ1n) is 11.0. The minimum absolute atomic E-state index is 0.0384. The molecule has 1 fully saturated rings. The summed E-state index contributed by atoms with van der Waals surface area (Å²) in [5.74, 6) is -0.457. The molecule has 1 aliphatic rings. The normalized spacial score (nSPS) is 16.7. The van der Waals surface area contributed by atoms with E-state index < -0.39 is 11.7 Å². The predicted molar refractivity (Wildman–Crippen MR) is 114 cm³/mol. The van der Waals surface area contributed by atoms with Crippen molar-refractivity contribution in [2.75, 3.05) is 13.2 Å². The number of likely N-dealkylation sites (tertiary alicyclic amines) is 1. The van der Waals surface area contributed by atoms with E-state index in [0.717, 1.165) is 37.8 Å². The number of ether oxygens (including phenoxy) is 1. The van der Waals surface area contributed by atoms with Gasteiger partial charge in [0.25, 0.3) is 0 Å². The van der Waals surface area contributed by atoms with Gasteiger partial charge < -0.3 is 9.64 Å². The number of alkyl halides is 3. The Balaban J connectivity index is 1.79. The van der Waals surface area contributed by atoms with Gasteiger partial charge in [-0.15, -0.1) is 0 Å². The number of ketones is 1. The number of hydrogen-bond donors (Lipinski definition) is 0. The number of nitrogens with zero attached hydrogens (tertiary/aromatic N) is 1. The summed E-state index contributed by atoms with van der Waals surface area (Å²) in [6.45, 7) is 2.73. The van der Waals surface area contributed by atoms with Crippen LogP contribution in [0.3, 0.4) is 0 Å². The summed E-state index contributed by atoms with van der Waals surface area (Å²) in [7, 11) is 0. The molecule has 176 valence electrons. The molecular formula is C24H30F3NO4. The van der Waals surface area contributed by atoms with Gasteiger partial charge in [-0.2, -0.15) is 13.2 Å². The molecule has 0 N–H and O–H groups in total. The number of unbranched alkanes of at least 4 members (excludes halogenated alkanes) is 3. The average Bonchev–Trinajstić information content (AvgIpc) is 3.08. The maximum absolute atomic E-state index is 12.8. The standard InChI is InChI=1S/C24H30F3NO4/c1-2-32-23(31)10-5-3-4-6-15-28-20(12-14-22(28)30)11-13-21(29)17-18-8-7-9-19(16-18)24(25,26)27/h7-9,11,13,16,20H,2-6,10,12,14-15,17H2,1H3/b13-11+/t20-/m0/s1. The van der Waals surface area contributed by atoms with Crippen molar-refractivity contribution in [2.45, 2.75) is 70.5 Å². The summed E-state index contributed by atoms with van der Waals surface area (Å²) in [5.41, 5.74) is -0.474. The van der Waals surface area contributed by atoms with Crippen LogP contribution < -0.4 is 0 Å². The average molecular weight is 454 g/mol. The molecule has 1 saturated heterocycles. The fourth-order valence-electron chi connectivity index (χ4n) is 3.72. The maximum atomic E-state index is 12.8. The Morgan fingerprint density at radius 2 is 1.94 bits per heavy atom. The minimum Gasteiger partial charge on any atom is -0.466 e. The van der Waals surface area contributed by atoms with Gasteiger partial charge in [0.2, 0.25) is 5.91 Å². The molecule has 0 unspecified atom stereocenters. The summed E-state index contributed by atoms with van der Waals surface area (Å²) >= 11 is 0. The highest BCUT2D eigenvalue weighted by Crippen LogP contribution is 2.29. The van der Waals surface area contributed by atoms with Crippen LogP contribution in [0.4, 0.5) is 13.2 Å². The Hall–Kier alpha value is -2.64. The highest BCUT2D eigenvalue weighted by Gasteiger charge is 2.30. The van der Waals surface area contributed by atoms with Crippen molar-refractivity contribution in [3.8, 4) is 0 Å². The molecule has 0 aromatic heterocycles. The fraction of sp³-hybridized carbons (Fsp3) is 0.542. The molecule has 1 amide bonds. The van der Waals surface area contributed by atoms with Crippen LogP contribution in [-0.4, -0.2) is 41.8 Å². The van der Waals surface area contributed by atoms with E-state index in [1.54, 1.807) is 17.9 Å². The molecule has 0 saturated carbocycles. The Morgan fingerprint density at radius 3 is 2.66 bits per heavy atom. The Morgan fingerprint density at radius 1 is 1.19 bits per heavy atom. The third-order valence-corrected chi connectivity index (χ3v) is 5.35. The van der Waals surface area contributed by atoms with Gasteiger partial charge in [-0.05, 0) is 43.9 Å². The number of rotatable bonds is 12. The van der Waals surface area contributed by atoms with Crippen molar-refractivity contribution < 1.29 is 32.3 Å². The topological polar surface area (TPSA) is 63.7 Å². The van der Waals surface area contributed by atoms with Gasteiger partial charge in [0.05, 0.1) is 18.2 Å². The van der Waals surface area contributed by atoms with Crippen molar-refractivity contribution in [3.63, 3.8) is 0 Å². The third-order valence-electron chi connectivity index (χ3n) is 5.35. The number of allylic oxidation sites excluding steroid dienone is 1. The first-order chi connectivity index (χ1) is 15.2. The summed E-state index contributed by atoms with van der Waals surface area (Å²) in [6.07, 6.45) is 3.23. The molecule has 1 heterocycles. The summed E-state index contributed by atoms with van der Waals surface area (Å²) in [6, 6.07) is 4.57. The van der Waals surface area contributed by atoms with E-state index in [0.29, 0.717) is 38.0 Å². The van der Waals surface area contributed by atoms with E-state index in [2.05, 4.69) is 0 Å². The van der Waals surface area contributed by atoms with E-state index in [-0.39, 0.29) is 30.1 Å². The first kappa shape index (κ1) is 25.6. The largest absolute Gasteiger partial charge is 0.466 e. The minimum atomic E-state index is -4.45. The molecule has 1 aromatic rings. The number of hydrogen-bond acceptors (Lipinski definition) is 4. The Kier molecular flexibility index (Phi) is 9.94. The van der Waals surface area contributed by atoms with Crippen molar-refractivity contribution >= 4 is 17.7 Å². The molecule has 2 rings (SSSR count). The molecule has 0 bridgehead atoms. The van der Waals surface area contributed by atoms with Crippen LogP contribution in [0.25, 0.3) is 0 Å². The van der Waals surface area contributed by atoms with Gasteiger partial charge in [-0.3, -0.25) is 14.4 Å². The number of esters is 1. The molecule has 5 nitrogen and oxygen atoms in total. The number of carbonyl (C=O) groups is 3. The van der Waals surface area contributed by atoms with Crippen LogP contribution in [-0.2, 0) is 31.7 Å². The van der Waals surface area contributed by atoms with E-state index >= 15 is 0 Å². The van der Waals surface area contributed by atoms with E-state index in [1.807, 2.05) is 0 Å². The molecule has 0 spiro atoms. The summed E-state index contributed by atoms with van der Waals surface area (Å²) in [5, 5.41) is 0. The summed E-state index contributed by atoms with van der Waals surface area (Å²) < 4.78 is 43.3. The van der Waals surface area contributed by atoms with Crippen molar-refractivity contribution in [2.24, 2.45) is 0 Å². The molecular weight excluding hydrogens is 423 g/mol. The van der Waals surface area contributed by atoms with Crippen LogP contribution in [0.15, 0.2) is 36.4 Å². The van der Waals surface area contributed by atoms with Crippen molar-refractivity contribution in [3.05, 3.63) is 47.5 Å². The van der Waals surface area contributed by atoms with Gasteiger partial charge in [0.15, 0.2) is 5.78 Å². The number of halogens is 3. The molecule has 32 heavy (non-hydrogen) atoms.